The number of benzene rings is 1. The summed E-state index contributed by atoms with van der Waals surface area (Å²) in [5.74, 6) is 1.91. The number of rotatable bonds is 1. The maximum atomic E-state index is 6.05. The standard InChI is InChI=1S/C12H13ClN4/c1-8-2-3-9(13)6-10(8)12-16-15-11-7-14-4-5-17(11)12/h2-3,6,14H,4-5,7H2,1H3. The Kier molecular flexibility index (Phi) is 2.61. The van der Waals surface area contributed by atoms with Crippen LogP contribution in [0, 0.1) is 6.92 Å². The van der Waals surface area contributed by atoms with Crippen LogP contribution in [0.1, 0.15) is 11.4 Å². The van der Waals surface area contributed by atoms with E-state index in [1.165, 1.54) is 5.56 Å². The largest absolute Gasteiger partial charge is 0.309 e. The Labute approximate surface area is 105 Å². The van der Waals surface area contributed by atoms with Gasteiger partial charge in [-0.1, -0.05) is 17.7 Å². The van der Waals surface area contributed by atoms with Crippen molar-refractivity contribution >= 4 is 11.6 Å². The number of nitrogens with zero attached hydrogens (tertiary/aromatic N) is 3. The summed E-state index contributed by atoms with van der Waals surface area (Å²) in [5.41, 5.74) is 2.24. The van der Waals surface area contributed by atoms with Crippen LogP contribution in [0.3, 0.4) is 0 Å². The highest BCUT2D eigenvalue weighted by Crippen LogP contribution is 2.26. The summed E-state index contributed by atoms with van der Waals surface area (Å²) in [6.07, 6.45) is 0. The second-order valence-electron chi connectivity index (χ2n) is 4.23. The molecule has 2 aromatic rings. The average molecular weight is 249 g/mol. The smallest absolute Gasteiger partial charge is 0.164 e. The molecule has 1 N–H and O–H groups in total. The molecule has 0 saturated heterocycles. The molecule has 0 fully saturated rings. The highest BCUT2D eigenvalue weighted by Gasteiger charge is 2.17. The molecule has 0 bridgehead atoms. The number of aryl methyl sites for hydroxylation is 1. The summed E-state index contributed by atoms with van der Waals surface area (Å²) in [6.45, 7) is 4.71. The lowest BCUT2D eigenvalue weighted by Crippen LogP contribution is -2.28. The maximum absolute atomic E-state index is 6.05. The van der Waals surface area contributed by atoms with E-state index in [9.17, 15) is 0 Å². The van der Waals surface area contributed by atoms with Gasteiger partial charge in [-0.15, -0.1) is 10.2 Å². The molecule has 0 saturated carbocycles. The molecule has 17 heavy (non-hydrogen) atoms. The summed E-state index contributed by atoms with van der Waals surface area (Å²) < 4.78 is 2.16. The normalized spacial score (nSPS) is 14.7. The fraction of sp³-hybridized carbons (Fsp3) is 0.333. The second-order valence-corrected chi connectivity index (χ2v) is 4.66. The van der Waals surface area contributed by atoms with E-state index in [0.717, 1.165) is 41.9 Å². The molecule has 5 heteroatoms. The molecule has 3 rings (SSSR count). The summed E-state index contributed by atoms with van der Waals surface area (Å²) in [6, 6.07) is 5.87. The molecule has 0 radical (unpaired) electrons. The lowest BCUT2D eigenvalue weighted by molar-refractivity contribution is 0.508. The van der Waals surface area contributed by atoms with Gasteiger partial charge in [0.2, 0.25) is 0 Å². The average Bonchev–Trinajstić information content (AvgIpc) is 2.76. The molecular formula is C12H13ClN4. The molecule has 4 nitrogen and oxygen atoms in total. The van der Waals surface area contributed by atoms with E-state index >= 15 is 0 Å². The summed E-state index contributed by atoms with van der Waals surface area (Å²) in [4.78, 5) is 0. The minimum Gasteiger partial charge on any atom is -0.309 e. The molecule has 1 aliphatic heterocycles. The van der Waals surface area contributed by atoms with Crippen LogP contribution >= 0.6 is 11.6 Å². The predicted octanol–water partition coefficient (Wildman–Crippen LogP) is 2.01. The molecule has 0 atom stereocenters. The van der Waals surface area contributed by atoms with Gasteiger partial charge < -0.3 is 9.88 Å². The predicted molar refractivity (Wildman–Crippen MR) is 66.9 cm³/mol. The summed E-state index contributed by atoms with van der Waals surface area (Å²) >= 11 is 6.05. The van der Waals surface area contributed by atoms with Gasteiger partial charge in [0.15, 0.2) is 5.82 Å². The highest BCUT2D eigenvalue weighted by molar-refractivity contribution is 6.30. The Balaban J connectivity index is 2.15. The third-order valence-electron chi connectivity index (χ3n) is 3.06. The van der Waals surface area contributed by atoms with Crippen molar-refractivity contribution in [2.24, 2.45) is 0 Å². The second kappa shape index (κ2) is 4.13. The topological polar surface area (TPSA) is 42.7 Å². The van der Waals surface area contributed by atoms with Crippen LogP contribution < -0.4 is 5.32 Å². The van der Waals surface area contributed by atoms with Crippen molar-refractivity contribution in [3.05, 3.63) is 34.6 Å². The van der Waals surface area contributed by atoms with E-state index in [2.05, 4.69) is 27.0 Å². The molecule has 1 aliphatic rings. The van der Waals surface area contributed by atoms with Crippen LogP contribution in [0.2, 0.25) is 5.02 Å². The quantitative estimate of drug-likeness (QED) is 0.840. The van der Waals surface area contributed by atoms with E-state index in [1.807, 2.05) is 18.2 Å². The molecule has 88 valence electrons. The Hall–Kier alpha value is -1.39. The summed E-state index contributed by atoms with van der Waals surface area (Å²) in [7, 11) is 0. The monoisotopic (exact) mass is 248 g/mol. The molecule has 0 amide bonds. The summed E-state index contributed by atoms with van der Waals surface area (Å²) in [5, 5.41) is 12.5. The van der Waals surface area contributed by atoms with Gasteiger partial charge in [-0.2, -0.15) is 0 Å². The molecule has 0 spiro atoms. The first kappa shape index (κ1) is 10.7. The van der Waals surface area contributed by atoms with E-state index in [4.69, 9.17) is 11.6 Å². The zero-order chi connectivity index (χ0) is 11.8. The van der Waals surface area contributed by atoms with Crippen LogP contribution in [0.15, 0.2) is 18.2 Å². The minimum absolute atomic E-state index is 0.733. The third-order valence-corrected chi connectivity index (χ3v) is 3.30. The number of fused-ring (bicyclic) bond motifs is 1. The van der Waals surface area contributed by atoms with Crippen LogP contribution in [-0.2, 0) is 13.1 Å². The zero-order valence-electron chi connectivity index (χ0n) is 9.57. The first-order valence-corrected chi connectivity index (χ1v) is 6.03. The Morgan fingerprint density at radius 2 is 2.24 bits per heavy atom. The van der Waals surface area contributed by atoms with Gasteiger partial charge in [-0.3, -0.25) is 0 Å². The van der Waals surface area contributed by atoms with Gasteiger partial charge in [-0.05, 0) is 24.6 Å². The van der Waals surface area contributed by atoms with Gasteiger partial charge in [0.1, 0.15) is 5.82 Å². The molecule has 0 aliphatic carbocycles. The number of hydrogen-bond donors (Lipinski definition) is 1. The number of nitrogens with one attached hydrogen (secondary N) is 1. The van der Waals surface area contributed by atoms with Crippen LogP contribution in [-0.4, -0.2) is 21.3 Å². The molecular weight excluding hydrogens is 236 g/mol. The Morgan fingerprint density at radius 3 is 3.12 bits per heavy atom. The van der Waals surface area contributed by atoms with Crippen LogP contribution in [0.4, 0.5) is 0 Å². The number of aromatic nitrogens is 3. The highest BCUT2D eigenvalue weighted by atomic mass is 35.5. The third kappa shape index (κ3) is 1.83. The number of halogens is 1. The van der Waals surface area contributed by atoms with Crippen molar-refractivity contribution in [1.82, 2.24) is 20.1 Å². The van der Waals surface area contributed by atoms with E-state index in [0.29, 0.717) is 0 Å². The fourth-order valence-electron chi connectivity index (χ4n) is 2.13. The molecule has 0 unspecified atom stereocenters. The van der Waals surface area contributed by atoms with Crippen LogP contribution in [0.5, 0.6) is 0 Å². The van der Waals surface area contributed by atoms with Gasteiger partial charge in [0, 0.05) is 23.7 Å². The van der Waals surface area contributed by atoms with Crippen molar-refractivity contribution in [2.45, 2.75) is 20.0 Å². The maximum Gasteiger partial charge on any atom is 0.164 e. The van der Waals surface area contributed by atoms with Crippen molar-refractivity contribution in [3.8, 4) is 11.4 Å². The lowest BCUT2D eigenvalue weighted by atomic mass is 10.1. The van der Waals surface area contributed by atoms with Gasteiger partial charge >= 0.3 is 0 Å². The Morgan fingerprint density at radius 1 is 1.35 bits per heavy atom. The van der Waals surface area contributed by atoms with Crippen molar-refractivity contribution < 1.29 is 0 Å². The SMILES string of the molecule is Cc1ccc(Cl)cc1-c1nnc2n1CCNC2. The van der Waals surface area contributed by atoms with Crippen molar-refractivity contribution in [1.29, 1.82) is 0 Å². The van der Waals surface area contributed by atoms with Crippen LogP contribution in [0.25, 0.3) is 11.4 Å². The van der Waals surface area contributed by atoms with Gasteiger partial charge in [0.25, 0.3) is 0 Å². The first-order valence-electron chi connectivity index (χ1n) is 5.65. The molecule has 2 heterocycles. The van der Waals surface area contributed by atoms with Gasteiger partial charge in [-0.25, -0.2) is 0 Å². The van der Waals surface area contributed by atoms with Gasteiger partial charge in [0.05, 0.1) is 6.54 Å². The fourth-order valence-corrected chi connectivity index (χ4v) is 2.30. The van der Waals surface area contributed by atoms with E-state index in [1.54, 1.807) is 0 Å². The molecule has 1 aromatic heterocycles. The minimum atomic E-state index is 0.733. The van der Waals surface area contributed by atoms with Crippen molar-refractivity contribution in [2.75, 3.05) is 6.54 Å². The molecule has 1 aromatic carbocycles. The lowest BCUT2D eigenvalue weighted by Gasteiger charge is -2.16. The number of hydrogen-bond acceptors (Lipinski definition) is 3. The zero-order valence-corrected chi connectivity index (χ0v) is 10.3. The van der Waals surface area contributed by atoms with E-state index in [-0.39, 0.29) is 0 Å². The first-order chi connectivity index (χ1) is 8.25. The Bertz CT molecular complexity index is 562. The van der Waals surface area contributed by atoms with Crippen molar-refractivity contribution in [3.63, 3.8) is 0 Å². The van der Waals surface area contributed by atoms with E-state index < -0.39 is 0 Å².